The lowest BCUT2D eigenvalue weighted by Gasteiger charge is -1.99. The Morgan fingerprint density at radius 1 is 1.22 bits per heavy atom. The summed E-state index contributed by atoms with van der Waals surface area (Å²) in [4.78, 5) is 5.10. The van der Waals surface area contributed by atoms with Gasteiger partial charge in [-0.15, -0.1) is 15.3 Å². The third kappa shape index (κ3) is 2.61. The van der Waals surface area contributed by atoms with Gasteiger partial charge in [0.25, 0.3) is 5.89 Å². The quantitative estimate of drug-likeness (QED) is 0.575. The first kappa shape index (κ1) is 14.0. The third-order valence-corrected chi connectivity index (χ3v) is 4.42. The normalized spacial score (nSPS) is 11.4. The van der Waals surface area contributed by atoms with Crippen molar-refractivity contribution in [1.82, 2.24) is 24.8 Å². The molecule has 4 rings (SSSR count). The minimum Gasteiger partial charge on any atom is -0.419 e. The van der Waals surface area contributed by atoms with E-state index in [0.29, 0.717) is 35.2 Å². The van der Waals surface area contributed by atoms with Gasteiger partial charge < -0.3 is 4.42 Å². The molecule has 0 bridgehead atoms. The molecular weight excluding hydrogens is 317 g/mol. The van der Waals surface area contributed by atoms with Crippen LogP contribution >= 0.6 is 11.3 Å². The highest BCUT2D eigenvalue weighted by atomic mass is 32.1. The van der Waals surface area contributed by atoms with Crippen LogP contribution in [0.4, 0.5) is 4.39 Å². The van der Waals surface area contributed by atoms with Gasteiger partial charge >= 0.3 is 0 Å². The van der Waals surface area contributed by atoms with E-state index >= 15 is 0 Å². The van der Waals surface area contributed by atoms with Gasteiger partial charge in [-0.1, -0.05) is 29.5 Å². The molecule has 0 atom stereocenters. The molecule has 0 saturated heterocycles. The number of rotatable bonds is 4. The molecule has 0 aliphatic rings. The molecule has 3 aromatic heterocycles. The molecule has 0 radical (unpaired) electrons. The molecule has 0 aliphatic heterocycles. The van der Waals surface area contributed by atoms with Crippen molar-refractivity contribution in [3.8, 4) is 10.9 Å². The van der Waals surface area contributed by atoms with Crippen molar-refractivity contribution in [2.45, 2.75) is 19.8 Å². The summed E-state index contributed by atoms with van der Waals surface area (Å²) < 4.78 is 21.0. The molecule has 0 saturated carbocycles. The van der Waals surface area contributed by atoms with E-state index in [9.17, 15) is 4.39 Å². The van der Waals surface area contributed by atoms with Crippen LogP contribution in [-0.2, 0) is 12.8 Å². The molecule has 0 spiro atoms. The second-order valence-electron chi connectivity index (χ2n) is 5.06. The Labute approximate surface area is 134 Å². The molecule has 0 aliphatic carbocycles. The van der Waals surface area contributed by atoms with Crippen molar-refractivity contribution in [3.63, 3.8) is 0 Å². The van der Waals surface area contributed by atoms with Crippen molar-refractivity contribution in [1.29, 1.82) is 0 Å². The highest BCUT2D eigenvalue weighted by molar-refractivity contribution is 7.20. The molecular formula is C15H12FN5OS. The van der Waals surface area contributed by atoms with Crippen LogP contribution in [0.3, 0.4) is 0 Å². The Bertz CT molecular complexity index is 973. The highest BCUT2D eigenvalue weighted by Crippen LogP contribution is 2.25. The van der Waals surface area contributed by atoms with E-state index < -0.39 is 0 Å². The monoisotopic (exact) mass is 329 g/mol. The smallest absolute Gasteiger partial charge is 0.278 e. The first-order valence-electron chi connectivity index (χ1n) is 7.08. The van der Waals surface area contributed by atoms with Gasteiger partial charge in [0, 0.05) is 6.42 Å². The number of halogens is 1. The lowest BCUT2D eigenvalue weighted by molar-refractivity contribution is 0.500. The van der Waals surface area contributed by atoms with Crippen molar-refractivity contribution >= 4 is 16.2 Å². The maximum Gasteiger partial charge on any atom is 0.278 e. The second kappa shape index (κ2) is 5.54. The number of aryl methyl sites for hydroxylation is 3. The van der Waals surface area contributed by atoms with Crippen molar-refractivity contribution in [2.24, 2.45) is 0 Å². The second-order valence-corrected chi connectivity index (χ2v) is 6.06. The lowest BCUT2D eigenvalue weighted by Crippen LogP contribution is -1.94. The van der Waals surface area contributed by atoms with E-state index in [1.807, 2.05) is 13.0 Å². The number of fused-ring (bicyclic) bond motifs is 1. The van der Waals surface area contributed by atoms with Crippen molar-refractivity contribution in [2.75, 3.05) is 0 Å². The van der Waals surface area contributed by atoms with Gasteiger partial charge in [0.05, 0.1) is 6.20 Å². The van der Waals surface area contributed by atoms with E-state index in [-0.39, 0.29) is 5.82 Å². The van der Waals surface area contributed by atoms with Crippen LogP contribution in [-0.4, -0.2) is 24.8 Å². The SMILES string of the molecule is Cc1ncc2sc(-c3nnc(CCc4ccccc4F)o3)nn12. The Morgan fingerprint density at radius 3 is 2.91 bits per heavy atom. The van der Waals surface area contributed by atoms with E-state index in [1.54, 1.807) is 22.8 Å². The minimum absolute atomic E-state index is 0.217. The van der Waals surface area contributed by atoms with E-state index in [2.05, 4.69) is 20.3 Å². The third-order valence-electron chi connectivity index (χ3n) is 3.49. The zero-order valence-electron chi connectivity index (χ0n) is 12.2. The molecule has 23 heavy (non-hydrogen) atoms. The lowest BCUT2D eigenvalue weighted by atomic mass is 10.1. The van der Waals surface area contributed by atoms with Gasteiger partial charge in [-0.2, -0.15) is 0 Å². The molecule has 0 unspecified atom stereocenters. The standard InChI is InChI=1S/C15H12FN5OS/c1-9-17-8-13-21(9)20-15(23-13)14-19-18-12(22-14)7-6-10-4-2-3-5-11(10)16/h2-5,8H,6-7H2,1H3. The van der Waals surface area contributed by atoms with Gasteiger partial charge in [-0.25, -0.2) is 13.9 Å². The highest BCUT2D eigenvalue weighted by Gasteiger charge is 2.15. The minimum atomic E-state index is -0.217. The van der Waals surface area contributed by atoms with Crippen molar-refractivity contribution in [3.05, 3.63) is 53.6 Å². The molecule has 3 heterocycles. The molecule has 0 fully saturated rings. The van der Waals surface area contributed by atoms with Gasteiger partial charge in [-0.05, 0) is 25.0 Å². The van der Waals surface area contributed by atoms with Crippen LogP contribution in [0.15, 0.2) is 34.9 Å². The fourth-order valence-corrected chi connectivity index (χ4v) is 3.14. The number of aromatic nitrogens is 5. The van der Waals surface area contributed by atoms with E-state index in [4.69, 9.17) is 4.42 Å². The maximum absolute atomic E-state index is 13.6. The maximum atomic E-state index is 13.6. The van der Waals surface area contributed by atoms with Gasteiger partial charge in [-0.3, -0.25) is 0 Å². The van der Waals surface area contributed by atoms with Gasteiger partial charge in [0.15, 0.2) is 0 Å². The Morgan fingerprint density at radius 2 is 2.09 bits per heavy atom. The molecule has 4 aromatic rings. The fraction of sp³-hybridized carbons (Fsp3) is 0.200. The fourth-order valence-electron chi connectivity index (χ4n) is 2.29. The van der Waals surface area contributed by atoms with E-state index in [0.717, 1.165) is 10.7 Å². The summed E-state index contributed by atoms with van der Waals surface area (Å²) in [6.45, 7) is 1.88. The van der Waals surface area contributed by atoms with Crippen LogP contribution < -0.4 is 0 Å². The zero-order valence-corrected chi connectivity index (χ0v) is 13.0. The molecule has 0 N–H and O–H groups in total. The Balaban J connectivity index is 1.53. The Kier molecular flexibility index (Phi) is 3.38. The summed E-state index contributed by atoms with van der Waals surface area (Å²) >= 11 is 1.43. The van der Waals surface area contributed by atoms with Crippen molar-refractivity contribution < 1.29 is 8.81 Å². The van der Waals surface area contributed by atoms with Crippen LogP contribution in [0.2, 0.25) is 0 Å². The summed E-state index contributed by atoms with van der Waals surface area (Å²) in [6.07, 6.45) is 2.75. The summed E-state index contributed by atoms with van der Waals surface area (Å²) in [6, 6.07) is 6.69. The predicted molar refractivity (Wildman–Crippen MR) is 82.7 cm³/mol. The number of hydrogen-bond donors (Lipinski definition) is 0. The van der Waals surface area contributed by atoms with Crippen LogP contribution in [0.5, 0.6) is 0 Å². The van der Waals surface area contributed by atoms with Crippen LogP contribution in [0.1, 0.15) is 17.3 Å². The van der Waals surface area contributed by atoms with Crippen LogP contribution in [0.25, 0.3) is 15.7 Å². The summed E-state index contributed by atoms with van der Waals surface area (Å²) in [7, 11) is 0. The first-order valence-corrected chi connectivity index (χ1v) is 7.89. The molecule has 0 amide bonds. The van der Waals surface area contributed by atoms with Gasteiger partial charge in [0.1, 0.15) is 16.5 Å². The zero-order chi connectivity index (χ0) is 15.8. The number of hydrogen-bond acceptors (Lipinski definition) is 6. The number of imidazole rings is 1. The summed E-state index contributed by atoms with van der Waals surface area (Å²) in [5.41, 5.74) is 0.637. The van der Waals surface area contributed by atoms with Crippen LogP contribution in [0, 0.1) is 12.7 Å². The molecule has 1 aromatic carbocycles. The van der Waals surface area contributed by atoms with E-state index in [1.165, 1.54) is 17.4 Å². The number of benzene rings is 1. The molecule has 6 nitrogen and oxygen atoms in total. The molecule has 8 heteroatoms. The largest absolute Gasteiger partial charge is 0.419 e. The predicted octanol–water partition coefficient (Wildman–Crippen LogP) is 3.07. The number of nitrogens with zero attached hydrogens (tertiary/aromatic N) is 5. The topological polar surface area (TPSA) is 69.1 Å². The molecule has 116 valence electrons. The summed E-state index contributed by atoms with van der Waals surface area (Å²) in [5, 5.41) is 13.1. The first-order chi connectivity index (χ1) is 11.2. The average molecular weight is 329 g/mol. The van der Waals surface area contributed by atoms with Gasteiger partial charge in [0.2, 0.25) is 10.9 Å². The Hall–Kier alpha value is -2.61. The average Bonchev–Trinajstić information content (AvgIpc) is 3.24. The summed E-state index contributed by atoms with van der Waals surface area (Å²) in [5.74, 6) is 1.44.